The van der Waals surface area contributed by atoms with E-state index in [0.717, 1.165) is 59.5 Å². The van der Waals surface area contributed by atoms with E-state index in [9.17, 15) is 4.79 Å². The lowest BCUT2D eigenvalue weighted by Crippen LogP contribution is -2.59. The zero-order valence-electron chi connectivity index (χ0n) is 23.2. The Labute approximate surface area is 230 Å². The van der Waals surface area contributed by atoms with Crippen LogP contribution in [-0.2, 0) is 13.0 Å². The highest BCUT2D eigenvalue weighted by atomic mass is 16.2. The molecule has 1 unspecified atom stereocenters. The first-order chi connectivity index (χ1) is 19.0. The summed E-state index contributed by atoms with van der Waals surface area (Å²) in [6, 6.07) is 15.6. The van der Waals surface area contributed by atoms with Crippen LogP contribution in [0.1, 0.15) is 52.7 Å². The molecule has 7 rings (SSSR count). The van der Waals surface area contributed by atoms with Crippen LogP contribution in [0.25, 0.3) is 33.3 Å². The van der Waals surface area contributed by atoms with Crippen molar-refractivity contribution in [2.45, 2.75) is 44.7 Å². The molecule has 4 heterocycles. The average Bonchev–Trinajstić information content (AvgIpc) is 3.35. The summed E-state index contributed by atoms with van der Waals surface area (Å²) in [5.74, 6) is 0.802. The van der Waals surface area contributed by atoms with Crippen molar-refractivity contribution in [3.05, 3.63) is 77.1 Å². The number of H-pyrrole nitrogens is 1. The van der Waals surface area contributed by atoms with Gasteiger partial charge in [-0.05, 0) is 97.9 Å². The van der Waals surface area contributed by atoms with Gasteiger partial charge < -0.3 is 14.8 Å². The fourth-order valence-electron chi connectivity index (χ4n) is 6.85. The molecule has 2 aliphatic heterocycles. The zero-order chi connectivity index (χ0) is 26.7. The fraction of sp³-hybridized carbons (Fsp3) is 0.394. The molecule has 1 aliphatic carbocycles. The van der Waals surface area contributed by atoms with Crippen molar-refractivity contribution in [3.63, 3.8) is 0 Å². The Balaban J connectivity index is 1.19. The van der Waals surface area contributed by atoms with Crippen LogP contribution >= 0.6 is 0 Å². The summed E-state index contributed by atoms with van der Waals surface area (Å²) in [5, 5.41) is 1.11. The van der Waals surface area contributed by atoms with Crippen LogP contribution in [-0.4, -0.2) is 76.9 Å². The van der Waals surface area contributed by atoms with Crippen molar-refractivity contribution in [2.24, 2.45) is 0 Å². The molecule has 1 saturated heterocycles. The number of carbonyl (C=O) groups is 1. The van der Waals surface area contributed by atoms with E-state index in [0.29, 0.717) is 12.0 Å². The summed E-state index contributed by atoms with van der Waals surface area (Å²) in [7, 11) is 4.14. The van der Waals surface area contributed by atoms with E-state index in [-0.39, 0.29) is 5.91 Å². The molecule has 2 aromatic carbocycles. The molecule has 1 N–H and O–H groups in total. The standard InChI is InChI=1S/C33H37N5O/c1-4-37-17-24-7-5-6-23-12-25(13-27(18-37)31(23)24)26-14-29-30(16-35-32(29)34-15-26)21-8-10-22(11-9-21)33(39)38-19-28(20-38)36(2)3/h8-16,24,28H,4-7,17-20H2,1-3H3,(H,34,35). The van der Waals surface area contributed by atoms with Gasteiger partial charge in [0.2, 0.25) is 0 Å². The number of likely N-dealkylation sites (tertiary alicyclic amines) is 1. The zero-order valence-corrected chi connectivity index (χ0v) is 23.2. The predicted molar refractivity (Wildman–Crippen MR) is 157 cm³/mol. The Kier molecular flexibility index (Phi) is 6.05. The Morgan fingerprint density at radius 3 is 2.59 bits per heavy atom. The van der Waals surface area contributed by atoms with Crippen molar-refractivity contribution in [2.75, 3.05) is 40.3 Å². The van der Waals surface area contributed by atoms with E-state index in [4.69, 9.17) is 4.98 Å². The molecule has 2 aromatic heterocycles. The van der Waals surface area contributed by atoms with Gasteiger partial charge in [0.05, 0.1) is 0 Å². The van der Waals surface area contributed by atoms with Crippen LogP contribution in [0.15, 0.2) is 54.9 Å². The molecule has 200 valence electrons. The first-order valence-corrected chi connectivity index (χ1v) is 14.4. The predicted octanol–water partition coefficient (Wildman–Crippen LogP) is 5.54. The highest BCUT2D eigenvalue weighted by Gasteiger charge is 2.32. The summed E-state index contributed by atoms with van der Waals surface area (Å²) in [5.41, 5.74) is 11.0. The third kappa shape index (κ3) is 4.26. The number of likely N-dealkylation sites (N-methyl/N-ethyl adjacent to an activating group) is 2. The number of nitrogens with zero attached hydrogens (tertiary/aromatic N) is 4. The lowest BCUT2D eigenvalue weighted by Gasteiger charge is -2.42. The van der Waals surface area contributed by atoms with Gasteiger partial charge in [-0.1, -0.05) is 25.1 Å². The molecule has 39 heavy (non-hydrogen) atoms. The molecular formula is C33H37N5O. The lowest BCUT2D eigenvalue weighted by molar-refractivity contribution is 0.0399. The molecule has 3 aliphatic rings. The minimum atomic E-state index is 0.114. The van der Waals surface area contributed by atoms with Gasteiger partial charge in [-0.25, -0.2) is 4.98 Å². The number of rotatable bonds is 5. The van der Waals surface area contributed by atoms with Gasteiger partial charge in [0.15, 0.2) is 0 Å². The molecule has 1 fully saturated rings. The maximum atomic E-state index is 12.9. The normalized spacial score (nSPS) is 19.4. The Bertz CT molecular complexity index is 1550. The molecule has 1 atom stereocenters. The van der Waals surface area contributed by atoms with Gasteiger partial charge in [-0.3, -0.25) is 9.69 Å². The number of aromatic amines is 1. The molecular weight excluding hydrogens is 482 g/mol. The Hall–Kier alpha value is -3.48. The number of aryl methyl sites for hydroxylation is 1. The first-order valence-electron chi connectivity index (χ1n) is 14.4. The van der Waals surface area contributed by atoms with Gasteiger partial charge in [0.25, 0.3) is 5.91 Å². The number of pyridine rings is 1. The quantitative estimate of drug-likeness (QED) is 0.376. The van der Waals surface area contributed by atoms with Crippen molar-refractivity contribution in [1.82, 2.24) is 24.7 Å². The van der Waals surface area contributed by atoms with Crippen LogP contribution in [0.4, 0.5) is 0 Å². The number of aromatic nitrogens is 2. The highest BCUT2D eigenvalue weighted by Crippen LogP contribution is 2.41. The minimum Gasteiger partial charge on any atom is -0.346 e. The van der Waals surface area contributed by atoms with Crippen LogP contribution in [0.2, 0.25) is 0 Å². The van der Waals surface area contributed by atoms with E-state index in [2.05, 4.69) is 66.1 Å². The van der Waals surface area contributed by atoms with Crippen molar-refractivity contribution in [1.29, 1.82) is 0 Å². The third-order valence-corrected chi connectivity index (χ3v) is 9.27. The van der Waals surface area contributed by atoms with Crippen molar-refractivity contribution >= 4 is 16.9 Å². The van der Waals surface area contributed by atoms with Crippen LogP contribution in [0.5, 0.6) is 0 Å². The number of carbonyl (C=O) groups excluding carboxylic acids is 1. The SMILES string of the molecule is CCN1Cc2cc(-c3cnc4[nH]cc(-c5ccc(C(=O)N6CC(N(C)C)C6)cc5)c4c3)cc3c2C(CCC3)C1. The van der Waals surface area contributed by atoms with Gasteiger partial charge in [-0.15, -0.1) is 0 Å². The molecule has 0 bridgehead atoms. The van der Waals surface area contributed by atoms with E-state index in [1.807, 2.05) is 29.4 Å². The van der Waals surface area contributed by atoms with Crippen LogP contribution in [0, 0.1) is 0 Å². The number of fused-ring (bicyclic) bond motifs is 1. The summed E-state index contributed by atoms with van der Waals surface area (Å²) >= 11 is 0. The fourth-order valence-corrected chi connectivity index (χ4v) is 6.85. The maximum absolute atomic E-state index is 12.9. The van der Waals surface area contributed by atoms with E-state index < -0.39 is 0 Å². The molecule has 6 nitrogen and oxygen atoms in total. The summed E-state index contributed by atoms with van der Waals surface area (Å²) in [6.07, 6.45) is 7.82. The van der Waals surface area contributed by atoms with Gasteiger partial charge >= 0.3 is 0 Å². The summed E-state index contributed by atoms with van der Waals surface area (Å²) < 4.78 is 0. The van der Waals surface area contributed by atoms with Crippen molar-refractivity contribution < 1.29 is 4.79 Å². The molecule has 0 radical (unpaired) electrons. The largest absolute Gasteiger partial charge is 0.346 e. The first kappa shape index (κ1) is 24.6. The van der Waals surface area contributed by atoms with Crippen LogP contribution < -0.4 is 0 Å². The van der Waals surface area contributed by atoms with Crippen LogP contribution in [0.3, 0.4) is 0 Å². The average molecular weight is 520 g/mol. The second kappa shape index (κ2) is 9.61. The van der Waals surface area contributed by atoms with Gasteiger partial charge in [0, 0.05) is 66.7 Å². The summed E-state index contributed by atoms with van der Waals surface area (Å²) in [6.45, 7) is 7.23. The second-order valence-corrected chi connectivity index (χ2v) is 11.9. The van der Waals surface area contributed by atoms with E-state index in [1.54, 1.807) is 11.1 Å². The Morgan fingerprint density at radius 2 is 1.82 bits per heavy atom. The smallest absolute Gasteiger partial charge is 0.253 e. The molecule has 0 saturated carbocycles. The number of hydrogen-bond acceptors (Lipinski definition) is 4. The molecule has 0 spiro atoms. The number of benzene rings is 2. The lowest BCUT2D eigenvalue weighted by atomic mass is 9.76. The van der Waals surface area contributed by atoms with Gasteiger partial charge in [0.1, 0.15) is 5.65 Å². The van der Waals surface area contributed by atoms with E-state index >= 15 is 0 Å². The number of amides is 1. The minimum absolute atomic E-state index is 0.114. The molecule has 1 amide bonds. The molecule has 4 aromatic rings. The monoisotopic (exact) mass is 519 g/mol. The molecule has 6 heteroatoms. The van der Waals surface area contributed by atoms with Crippen molar-refractivity contribution in [3.8, 4) is 22.3 Å². The van der Waals surface area contributed by atoms with E-state index in [1.165, 1.54) is 36.9 Å². The highest BCUT2D eigenvalue weighted by molar-refractivity contribution is 5.98. The number of hydrogen-bond donors (Lipinski definition) is 1. The van der Waals surface area contributed by atoms with Gasteiger partial charge in [-0.2, -0.15) is 0 Å². The topological polar surface area (TPSA) is 55.5 Å². The Morgan fingerprint density at radius 1 is 1.03 bits per heavy atom. The third-order valence-electron chi connectivity index (χ3n) is 9.27. The maximum Gasteiger partial charge on any atom is 0.253 e. The number of nitrogens with one attached hydrogen (secondary N) is 1. The second-order valence-electron chi connectivity index (χ2n) is 11.9. The summed E-state index contributed by atoms with van der Waals surface area (Å²) in [4.78, 5) is 27.8.